The summed E-state index contributed by atoms with van der Waals surface area (Å²) < 4.78 is 0. The van der Waals surface area contributed by atoms with Crippen molar-refractivity contribution in [1.82, 2.24) is 0 Å². The maximum atomic E-state index is 12.4. The minimum atomic E-state index is 0.155. The Labute approximate surface area is 119 Å². The van der Waals surface area contributed by atoms with Crippen molar-refractivity contribution in [1.29, 1.82) is 0 Å². The van der Waals surface area contributed by atoms with Crippen molar-refractivity contribution in [3.63, 3.8) is 0 Å². The lowest BCUT2D eigenvalue weighted by Gasteiger charge is -2.09. The molecule has 2 rings (SSSR count). The highest BCUT2D eigenvalue weighted by Crippen LogP contribution is 2.23. The Morgan fingerprint density at radius 3 is 2.42 bits per heavy atom. The van der Waals surface area contributed by atoms with Gasteiger partial charge in [-0.15, -0.1) is 11.3 Å². The number of hydrogen-bond donors (Lipinski definition) is 0. The lowest BCUT2D eigenvalue weighted by Crippen LogP contribution is -2.02. The maximum absolute atomic E-state index is 12.4. The molecular weight excluding hydrogens is 252 g/mol. The van der Waals surface area contributed by atoms with Crippen molar-refractivity contribution >= 4 is 17.1 Å². The molecule has 0 radical (unpaired) electrons. The Bertz CT molecular complexity index is 551. The summed E-state index contributed by atoms with van der Waals surface area (Å²) in [5.41, 5.74) is 3.26. The Kier molecular flexibility index (Phi) is 4.54. The molecule has 0 aliphatic rings. The highest BCUT2D eigenvalue weighted by atomic mass is 32.1. The third-order valence-electron chi connectivity index (χ3n) is 3.69. The van der Waals surface area contributed by atoms with Crippen LogP contribution in [-0.2, 0) is 6.42 Å². The van der Waals surface area contributed by atoms with Gasteiger partial charge in [0, 0.05) is 5.56 Å². The number of ketones is 1. The van der Waals surface area contributed by atoms with E-state index in [-0.39, 0.29) is 5.78 Å². The average molecular weight is 272 g/mol. The Morgan fingerprint density at radius 1 is 1.16 bits per heavy atom. The summed E-state index contributed by atoms with van der Waals surface area (Å²) in [5, 5.41) is 2.00. The monoisotopic (exact) mass is 272 g/mol. The first kappa shape index (κ1) is 14.0. The van der Waals surface area contributed by atoms with Crippen LogP contribution in [0.15, 0.2) is 35.7 Å². The van der Waals surface area contributed by atoms with E-state index in [2.05, 4.69) is 32.9 Å². The fraction of sp³-hybridized carbons (Fsp3) is 0.353. The molecule has 1 atom stereocenters. The van der Waals surface area contributed by atoms with Crippen LogP contribution in [-0.4, -0.2) is 5.78 Å². The molecule has 0 saturated heterocycles. The molecule has 1 aromatic carbocycles. The van der Waals surface area contributed by atoms with Gasteiger partial charge in [0.25, 0.3) is 0 Å². The predicted molar refractivity (Wildman–Crippen MR) is 82.3 cm³/mol. The van der Waals surface area contributed by atoms with Crippen LogP contribution < -0.4 is 0 Å². The van der Waals surface area contributed by atoms with Gasteiger partial charge in [0.1, 0.15) is 0 Å². The average Bonchev–Trinajstić information content (AvgIpc) is 2.94. The minimum Gasteiger partial charge on any atom is -0.288 e. The normalized spacial score (nSPS) is 12.4. The van der Waals surface area contributed by atoms with Crippen LogP contribution in [0.25, 0.3) is 0 Å². The van der Waals surface area contributed by atoms with Crippen molar-refractivity contribution in [2.45, 2.75) is 39.5 Å². The number of carbonyl (C=O) groups is 1. The lowest BCUT2D eigenvalue weighted by molar-refractivity contribution is 0.104. The van der Waals surface area contributed by atoms with Gasteiger partial charge in [-0.1, -0.05) is 45.0 Å². The van der Waals surface area contributed by atoms with Crippen LogP contribution in [0, 0.1) is 0 Å². The number of hydrogen-bond acceptors (Lipinski definition) is 2. The third kappa shape index (κ3) is 2.95. The summed E-state index contributed by atoms with van der Waals surface area (Å²) in [5.74, 6) is 0.708. The second-order valence-corrected chi connectivity index (χ2v) is 5.81. The summed E-state index contributed by atoms with van der Waals surface area (Å²) in [7, 11) is 0. The first-order valence-electron chi connectivity index (χ1n) is 6.88. The molecule has 0 saturated carbocycles. The SMILES string of the molecule is CCc1ccsc1C(=O)c1ccc(C(C)CC)cc1. The lowest BCUT2D eigenvalue weighted by atomic mass is 9.96. The number of carbonyl (C=O) groups excluding carboxylic acids is 1. The number of rotatable bonds is 5. The van der Waals surface area contributed by atoms with E-state index in [4.69, 9.17) is 0 Å². The summed E-state index contributed by atoms with van der Waals surface area (Å²) in [6, 6.07) is 10.1. The minimum absolute atomic E-state index is 0.155. The molecule has 19 heavy (non-hydrogen) atoms. The molecule has 0 amide bonds. The summed E-state index contributed by atoms with van der Waals surface area (Å²) in [6.07, 6.45) is 2.04. The number of benzene rings is 1. The van der Waals surface area contributed by atoms with E-state index < -0.39 is 0 Å². The number of thiophene rings is 1. The zero-order chi connectivity index (χ0) is 13.8. The first-order valence-corrected chi connectivity index (χ1v) is 7.76. The molecule has 2 aromatic rings. The predicted octanol–water partition coefficient (Wildman–Crippen LogP) is 5.06. The van der Waals surface area contributed by atoms with E-state index in [0.29, 0.717) is 5.92 Å². The van der Waals surface area contributed by atoms with Gasteiger partial charge < -0.3 is 0 Å². The van der Waals surface area contributed by atoms with Crippen LogP contribution in [0.5, 0.6) is 0 Å². The molecule has 0 bridgehead atoms. The van der Waals surface area contributed by atoms with Crippen LogP contribution >= 0.6 is 11.3 Å². The van der Waals surface area contributed by atoms with Crippen molar-refractivity contribution in [2.75, 3.05) is 0 Å². The Hall–Kier alpha value is -1.41. The van der Waals surface area contributed by atoms with Gasteiger partial charge in [-0.2, -0.15) is 0 Å². The summed E-state index contributed by atoms with van der Waals surface area (Å²) >= 11 is 1.54. The first-order chi connectivity index (χ1) is 9.17. The molecule has 2 heteroatoms. The van der Waals surface area contributed by atoms with Gasteiger partial charge in [0.15, 0.2) is 0 Å². The smallest absolute Gasteiger partial charge is 0.203 e. The van der Waals surface area contributed by atoms with E-state index >= 15 is 0 Å². The summed E-state index contributed by atoms with van der Waals surface area (Å²) in [4.78, 5) is 13.3. The highest BCUT2D eigenvalue weighted by molar-refractivity contribution is 7.12. The molecule has 100 valence electrons. The molecule has 0 fully saturated rings. The van der Waals surface area contributed by atoms with Gasteiger partial charge in [-0.25, -0.2) is 0 Å². The molecule has 1 heterocycles. The fourth-order valence-corrected chi connectivity index (χ4v) is 3.10. The quantitative estimate of drug-likeness (QED) is 0.696. The van der Waals surface area contributed by atoms with Crippen molar-refractivity contribution in [3.05, 3.63) is 57.3 Å². The van der Waals surface area contributed by atoms with E-state index in [1.54, 1.807) is 11.3 Å². The molecular formula is C17H20OS. The van der Waals surface area contributed by atoms with Crippen LogP contribution in [0.3, 0.4) is 0 Å². The molecule has 1 nitrogen and oxygen atoms in total. The van der Waals surface area contributed by atoms with Crippen molar-refractivity contribution < 1.29 is 4.79 Å². The van der Waals surface area contributed by atoms with Crippen LogP contribution in [0.2, 0.25) is 0 Å². The van der Waals surface area contributed by atoms with Gasteiger partial charge in [-0.3, -0.25) is 4.79 Å². The van der Waals surface area contributed by atoms with Crippen LogP contribution in [0.1, 0.15) is 59.5 Å². The third-order valence-corrected chi connectivity index (χ3v) is 4.64. The second kappa shape index (κ2) is 6.16. The fourth-order valence-electron chi connectivity index (χ4n) is 2.14. The standard InChI is InChI=1S/C17H20OS/c1-4-12(3)14-6-8-15(9-7-14)16(18)17-13(5-2)10-11-19-17/h6-12H,4-5H2,1-3H3. The van der Waals surface area contributed by atoms with Gasteiger partial charge >= 0.3 is 0 Å². The van der Waals surface area contributed by atoms with E-state index in [1.807, 2.05) is 23.6 Å². The van der Waals surface area contributed by atoms with Gasteiger partial charge in [0.05, 0.1) is 4.88 Å². The van der Waals surface area contributed by atoms with Gasteiger partial charge in [-0.05, 0) is 41.3 Å². The topological polar surface area (TPSA) is 17.1 Å². The van der Waals surface area contributed by atoms with E-state index in [9.17, 15) is 4.79 Å². The Morgan fingerprint density at radius 2 is 1.84 bits per heavy atom. The molecule has 1 unspecified atom stereocenters. The van der Waals surface area contributed by atoms with Gasteiger partial charge in [0.2, 0.25) is 5.78 Å². The van der Waals surface area contributed by atoms with Crippen molar-refractivity contribution in [2.24, 2.45) is 0 Å². The molecule has 0 aliphatic carbocycles. The molecule has 0 N–H and O–H groups in total. The van der Waals surface area contributed by atoms with E-state index in [1.165, 1.54) is 5.56 Å². The molecule has 0 aliphatic heterocycles. The zero-order valence-electron chi connectivity index (χ0n) is 11.8. The zero-order valence-corrected chi connectivity index (χ0v) is 12.6. The number of aryl methyl sites for hydroxylation is 1. The summed E-state index contributed by atoms with van der Waals surface area (Å²) in [6.45, 7) is 6.49. The molecule has 1 aromatic heterocycles. The molecule has 0 spiro atoms. The maximum Gasteiger partial charge on any atom is 0.203 e. The van der Waals surface area contributed by atoms with E-state index in [0.717, 1.165) is 28.8 Å². The largest absolute Gasteiger partial charge is 0.288 e. The highest BCUT2D eigenvalue weighted by Gasteiger charge is 2.14. The second-order valence-electron chi connectivity index (χ2n) is 4.89. The van der Waals surface area contributed by atoms with Crippen LogP contribution in [0.4, 0.5) is 0 Å². The van der Waals surface area contributed by atoms with Crippen molar-refractivity contribution in [3.8, 4) is 0 Å². The Balaban J connectivity index is 2.25.